The van der Waals surface area contributed by atoms with Crippen molar-refractivity contribution in [3.05, 3.63) is 29.8 Å². The van der Waals surface area contributed by atoms with Gasteiger partial charge in [-0.15, -0.1) is 0 Å². The van der Waals surface area contributed by atoms with Gasteiger partial charge < -0.3 is 10.5 Å². The molecule has 2 atom stereocenters. The molecule has 0 saturated heterocycles. The molecule has 0 saturated carbocycles. The second-order valence-corrected chi connectivity index (χ2v) is 4.29. The molecule has 1 rings (SSSR count). The maximum absolute atomic E-state index is 6.21. The standard InChI is InChI=1S/C14H23NO/c1-4-6-11(3)14(15)12-7-9-13(10-8-12)16-5-2/h7-11,14H,4-6,15H2,1-3H3. The minimum absolute atomic E-state index is 0.135. The van der Waals surface area contributed by atoms with Crippen LogP contribution in [0.1, 0.15) is 45.2 Å². The van der Waals surface area contributed by atoms with Gasteiger partial charge in [-0.05, 0) is 37.0 Å². The summed E-state index contributed by atoms with van der Waals surface area (Å²) in [6.07, 6.45) is 2.36. The summed E-state index contributed by atoms with van der Waals surface area (Å²) in [6, 6.07) is 8.27. The van der Waals surface area contributed by atoms with Crippen LogP contribution in [-0.2, 0) is 0 Å². The fraction of sp³-hybridized carbons (Fsp3) is 0.571. The van der Waals surface area contributed by atoms with Crippen molar-refractivity contribution in [1.29, 1.82) is 0 Å². The number of rotatable bonds is 6. The molecule has 16 heavy (non-hydrogen) atoms. The normalized spacial score (nSPS) is 14.5. The van der Waals surface area contributed by atoms with Crippen LogP contribution < -0.4 is 10.5 Å². The average molecular weight is 221 g/mol. The molecule has 0 radical (unpaired) electrons. The van der Waals surface area contributed by atoms with Crippen LogP contribution in [0.3, 0.4) is 0 Å². The van der Waals surface area contributed by atoms with Gasteiger partial charge in [0.2, 0.25) is 0 Å². The van der Waals surface area contributed by atoms with E-state index in [9.17, 15) is 0 Å². The second kappa shape index (κ2) is 6.54. The van der Waals surface area contributed by atoms with Crippen LogP contribution in [0.2, 0.25) is 0 Å². The predicted octanol–water partition coefficient (Wildman–Crippen LogP) is 3.52. The highest BCUT2D eigenvalue weighted by molar-refractivity contribution is 5.29. The molecule has 0 bridgehead atoms. The summed E-state index contributed by atoms with van der Waals surface area (Å²) in [4.78, 5) is 0. The van der Waals surface area contributed by atoms with Gasteiger partial charge in [0.05, 0.1) is 6.61 Å². The number of ether oxygens (including phenoxy) is 1. The minimum Gasteiger partial charge on any atom is -0.494 e. The summed E-state index contributed by atoms with van der Waals surface area (Å²) >= 11 is 0. The Morgan fingerprint density at radius 2 is 1.81 bits per heavy atom. The maximum atomic E-state index is 6.21. The molecule has 0 amide bonds. The number of hydrogen-bond acceptors (Lipinski definition) is 2. The van der Waals surface area contributed by atoms with Crippen molar-refractivity contribution < 1.29 is 4.74 Å². The van der Waals surface area contributed by atoms with E-state index in [1.807, 2.05) is 19.1 Å². The van der Waals surface area contributed by atoms with Gasteiger partial charge in [-0.2, -0.15) is 0 Å². The average Bonchev–Trinajstić information content (AvgIpc) is 2.30. The summed E-state index contributed by atoms with van der Waals surface area (Å²) < 4.78 is 5.41. The topological polar surface area (TPSA) is 35.2 Å². The third-order valence-corrected chi connectivity index (χ3v) is 2.93. The van der Waals surface area contributed by atoms with Gasteiger partial charge in [0.15, 0.2) is 0 Å². The van der Waals surface area contributed by atoms with Gasteiger partial charge in [0.25, 0.3) is 0 Å². The van der Waals surface area contributed by atoms with E-state index in [2.05, 4.69) is 26.0 Å². The number of benzene rings is 1. The van der Waals surface area contributed by atoms with Crippen molar-refractivity contribution in [2.75, 3.05) is 6.61 Å². The molecule has 1 aromatic carbocycles. The van der Waals surface area contributed by atoms with Crippen molar-refractivity contribution >= 4 is 0 Å². The summed E-state index contributed by atoms with van der Waals surface area (Å²) in [5.41, 5.74) is 7.41. The molecule has 0 aliphatic carbocycles. The van der Waals surface area contributed by atoms with Crippen LogP contribution >= 0.6 is 0 Å². The van der Waals surface area contributed by atoms with E-state index in [-0.39, 0.29) is 6.04 Å². The lowest BCUT2D eigenvalue weighted by molar-refractivity contribution is 0.340. The van der Waals surface area contributed by atoms with E-state index in [0.717, 1.165) is 5.75 Å². The lowest BCUT2D eigenvalue weighted by Crippen LogP contribution is -2.18. The molecule has 0 spiro atoms. The van der Waals surface area contributed by atoms with E-state index in [0.29, 0.717) is 12.5 Å². The Morgan fingerprint density at radius 1 is 1.19 bits per heavy atom. The van der Waals surface area contributed by atoms with Crippen LogP contribution in [0.15, 0.2) is 24.3 Å². The number of nitrogens with two attached hydrogens (primary N) is 1. The third-order valence-electron chi connectivity index (χ3n) is 2.93. The SMILES string of the molecule is CCCC(C)C(N)c1ccc(OCC)cc1. The van der Waals surface area contributed by atoms with Gasteiger partial charge in [-0.1, -0.05) is 32.4 Å². The summed E-state index contributed by atoms with van der Waals surface area (Å²) in [5, 5.41) is 0. The highest BCUT2D eigenvalue weighted by atomic mass is 16.5. The van der Waals surface area contributed by atoms with E-state index >= 15 is 0 Å². The second-order valence-electron chi connectivity index (χ2n) is 4.29. The Morgan fingerprint density at radius 3 is 2.31 bits per heavy atom. The monoisotopic (exact) mass is 221 g/mol. The first-order chi connectivity index (χ1) is 7.69. The minimum atomic E-state index is 0.135. The van der Waals surface area contributed by atoms with Crippen LogP contribution in [0.25, 0.3) is 0 Å². The number of hydrogen-bond donors (Lipinski definition) is 1. The Hall–Kier alpha value is -1.02. The summed E-state index contributed by atoms with van der Waals surface area (Å²) in [6.45, 7) is 7.10. The van der Waals surface area contributed by atoms with E-state index in [1.54, 1.807) is 0 Å². The van der Waals surface area contributed by atoms with Gasteiger partial charge >= 0.3 is 0 Å². The third kappa shape index (κ3) is 3.53. The molecule has 90 valence electrons. The zero-order valence-corrected chi connectivity index (χ0v) is 10.6. The first kappa shape index (κ1) is 13.0. The lowest BCUT2D eigenvalue weighted by Gasteiger charge is -2.19. The van der Waals surface area contributed by atoms with Gasteiger partial charge in [0.1, 0.15) is 5.75 Å². The van der Waals surface area contributed by atoms with Crippen molar-refractivity contribution in [3.8, 4) is 5.75 Å². The zero-order chi connectivity index (χ0) is 12.0. The van der Waals surface area contributed by atoms with Gasteiger partial charge in [-0.3, -0.25) is 0 Å². The quantitative estimate of drug-likeness (QED) is 0.797. The molecule has 0 fully saturated rings. The molecular formula is C14H23NO. The predicted molar refractivity (Wildman–Crippen MR) is 68.6 cm³/mol. The summed E-state index contributed by atoms with van der Waals surface area (Å²) in [5.74, 6) is 1.45. The zero-order valence-electron chi connectivity index (χ0n) is 10.6. The molecule has 2 nitrogen and oxygen atoms in total. The highest BCUT2D eigenvalue weighted by Gasteiger charge is 2.13. The lowest BCUT2D eigenvalue weighted by atomic mass is 9.92. The molecule has 0 aliphatic heterocycles. The maximum Gasteiger partial charge on any atom is 0.119 e. The first-order valence-corrected chi connectivity index (χ1v) is 6.17. The Labute approximate surface area is 98.8 Å². The molecule has 2 heteroatoms. The Kier molecular flexibility index (Phi) is 5.33. The largest absolute Gasteiger partial charge is 0.494 e. The molecule has 0 aromatic heterocycles. The van der Waals surface area contributed by atoms with Crippen molar-refractivity contribution in [3.63, 3.8) is 0 Å². The molecule has 2 unspecified atom stereocenters. The highest BCUT2D eigenvalue weighted by Crippen LogP contribution is 2.24. The van der Waals surface area contributed by atoms with Crippen LogP contribution in [-0.4, -0.2) is 6.61 Å². The molecule has 1 aromatic rings. The van der Waals surface area contributed by atoms with Crippen LogP contribution in [0.5, 0.6) is 5.75 Å². The van der Waals surface area contributed by atoms with Crippen molar-refractivity contribution in [2.24, 2.45) is 11.7 Å². The Bertz CT molecular complexity index is 294. The first-order valence-electron chi connectivity index (χ1n) is 6.17. The van der Waals surface area contributed by atoms with Crippen LogP contribution in [0, 0.1) is 5.92 Å². The fourth-order valence-corrected chi connectivity index (χ4v) is 1.92. The molecule has 0 aliphatic rings. The van der Waals surface area contributed by atoms with Crippen molar-refractivity contribution in [1.82, 2.24) is 0 Å². The summed E-state index contributed by atoms with van der Waals surface area (Å²) in [7, 11) is 0. The van der Waals surface area contributed by atoms with E-state index in [1.165, 1.54) is 18.4 Å². The van der Waals surface area contributed by atoms with E-state index in [4.69, 9.17) is 10.5 Å². The molecular weight excluding hydrogens is 198 g/mol. The Balaban J connectivity index is 2.65. The van der Waals surface area contributed by atoms with Crippen LogP contribution in [0.4, 0.5) is 0 Å². The molecule has 2 N–H and O–H groups in total. The molecule has 0 heterocycles. The van der Waals surface area contributed by atoms with Gasteiger partial charge in [-0.25, -0.2) is 0 Å². The smallest absolute Gasteiger partial charge is 0.119 e. The van der Waals surface area contributed by atoms with E-state index < -0.39 is 0 Å². The van der Waals surface area contributed by atoms with Crippen molar-refractivity contribution in [2.45, 2.75) is 39.7 Å². The van der Waals surface area contributed by atoms with Gasteiger partial charge in [0, 0.05) is 6.04 Å². The fourth-order valence-electron chi connectivity index (χ4n) is 1.92.